The van der Waals surface area contributed by atoms with Gasteiger partial charge < -0.3 is 20.8 Å². The monoisotopic (exact) mass is 406 g/mol. The first kappa shape index (κ1) is 25.4. The third-order valence-corrected chi connectivity index (χ3v) is 5.34. The van der Waals surface area contributed by atoms with Crippen LogP contribution in [0.3, 0.4) is 0 Å². The molecule has 0 fully saturated rings. The molecule has 166 valence electrons. The number of unbranched alkanes of at least 4 members (excludes halogenated alkanes) is 11. The number of rotatable bonds is 18. The summed E-state index contributed by atoms with van der Waals surface area (Å²) in [6.45, 7) is 4.89. The predicted octanol–water partition coefficient (Wildman–Crippen LogP) is 4.69. The second-order valence-electron chi connectivity index (χ2n) is 7.93. The van der Waals surface area contributed by atoms with E-state index in [1.54, 1.807) is 18.4 Å². The zero-order valence-electron chi connectivity index (χ0n) is 18.3. The van der Waals surface area contributed by atoms with Gasteiger partial charge in [-0.2, -0.15) is 0 Å². The molecular weight excluding hydrogens is 364 g/mol. The van der Waals surface area contributed by atoms with E-state index in [1.807, 2.05) is 0 Å². The van der Waals surface area contributed by atoms with Gasteiger partial charge in [0.2, 0.25) is 0 Å². The van der Waals surface area contributed by atoms with Gasteiger partial charge in [0.1, 0.15) is 6.10 Å². The molecule has 1 atom stereocenters. The molecule has 0 amide bonds. The number of aliphatic hydroxyl groups excluding tert-OH is 1. The van der Waals surface area contributed by atoms with E-state index in [2.05, 4.69) is 17.6 Å². The second-order valence-corrected chi connectivity index (χ2v) is 7.93. The minimum atomic E-state index is -1.09. The Kier molecular flexibility index (Phi) is 15.2. The van der Waals surface area contributed by atoms with Gasteiger partial charge >= 0.3 is 5.97 Å². The molecule has 0 aromatic rings. The summed E-state index contributed by atoms with van der Waals surface area (Å²) in [5.74, 6) is -1.09. The summed E-state index contributed by atoms with van der Waals surface area (Å²) in [7, 11) is 0. The van der Waals surface area contributed by atoms with Gasteiger partial charge in [0.15, 0.2) is 0 Å². The molecule has 5 heteroatoms. The molecule has 0 aromatic heterocycles. The van der Waals surface area contributed by atoms with Crippen molar-refractivity contribution in [2.45, 2.75) is 90.1 Å². The number of aliphatic carboxylic acids is 1. The molecule has 29 heavy (non-hydrogen) atoms. The zero-order chi connectivity index (χ0) is 21.2. The summed E-state index contributed by atoms with van der Waals surface area (Å²) in [5.41, 5.74) is 0.580. The topological polar surface area (TPSA) is 81.6 Å². The summed E-state index contributed by atoms with van der Waals surface area (Å²) in [6.07, 6.45) is 21.8. The number of nitrogens with one attached hydrogen (secondary N) is 2. The van der Waals surface area contributed by atoms with E-state index < -0.39 is 12.1 Å². The van der Waals surface area contributed by atoms with Crippen LogP contribution in [0.2, 0.25) is 0 Å². The lowest BCUT2D eigenvalue weighted by Crippen LogP contribution is -2.27. The van der Waals surface area contributed by atoms with Crippen molar-refractivity contribution in [3.05, 3.63) is 35.6 Å². The van der Waals surface area contributed by atoms with Gasteiger partial charge in [-0.15, -0.1) is 0 Å². The average molecular weight is 407 g/mol. The highest BCUT2D eigenvalue weighted by atomic mass is 16.4. The molecular formula is C24H42N2O3. The molecule has 5 nitrogen and oxygen atoms in total. The average Bonchev–Trinajstić information content (AvgIpc) is 2.71. The largest absolute Gasteiger partial charge is 0.478 e. The van der Waals surface area contributed by atoms with Crippen molar-refractivity contribution in [3.63, 3.8) is 0 Å². The predicted molar refractivity (Wildman–Crippen MR) is 121 cm³/mol. The first-order valence-corrected chi connectivity index (χ1v) is 11.6. The van der Waals surface area contributed by atoms with Crippen LogP contribution in [0.1, 0.15) is 84.0 Å². The fraction of sp³-hybridized carbons (Fsp3) is 0.708. The number of hydrogen-bond donors (Lipinski definition) is 4. The van der Waals surface area contributed by atoms with E-state index in [9.17, 15) is 9.90 Å². The fourth-order valence-electron chi connectivity index (χ4n) is 3.51. The third-order valence-electron chi connectivity index (χ3n) is 5.34. The number of carboxylic acids is 1. The number of allylic oxidation sites excluding steroid dienone is 2. The van der Waals surface area contributed by atoms with Crippen LogP contribution >= 0.6 is 0 Å². The SMILES string of the molecule is CCCCCCCCCCCCCCNCCNC=C1C=CC=C(C(=O)O)C1O. The minimum absolute atomic E-state index is 0.00523. The summed E-state index contributed by atoms with van der Waals surface area (Å²) < 4.78 is 0. The summed E-state index contributed by atoms with van der Waals surface area (Å²) in [6, 6.07) is 0. The molecule has 0 spiro atoms. The van der Waals surface area contributed by atoms with Crippen LogP contribution in [-0.2, 0) is 4.79 Å². The standard InChI is InChI=1S/C24H42N2O3/c1-2-3-4-5-6-7-8-9-10-11-12-13-17-25-18-19-26-20-21-15-14-16-22(23(21)27)24(28)29/h14-16,20,23,25-27H,2-13,17-19H2,1H3,(H,28,29). The molecule has 1 aliphatic carbocycles. The van der Waals surface area contributed by atoms with Crippen LogP contribution in [0.25, 0.3) is 0 Å². The van der Waals surface area contributed by atoms with Crippen LogP contribution in [0.4, 0.5) is 0 Å². The Morgan fingerprint density at radius 1 is 0.931 bits per heavy atom. The first-order valence-electron chi connectivity index (χ1n) is 11.6. The van der Waals surface area contributed by atoms with Gasteiger partial charge in [-0.3, -0.25) is 0 Å². The maximum absolute atomic E-state index is 11.0. The Labute approximate surface area is 177 Å². The van der Waals surface area contributed by atoms with Crippen LogP contribution in [-0.4, -0.2) is 41.9 Å². The van der Waals surface area contributed by atoms with E-state index in [4.69, 9.17) is 5.11 Å². The quantitative estimate of drug-likeness (QED) is 0.248. The number of hydrogen-bond acceptors (Lipinski definition) is 4. The van der Waals surface area contributed by atoms with Crippen molar-refractivity contribution in [1.82, 2.24) is 10.6 Å². The molecule has 0 saturated heterocycles. The normalized spacial score (nSPS) is 17.5. The molecule has 0 saturated carbocycles. The van der Waals surface area contributed by atoms with E-state index in [1.165, 1.54) is 83.1 Å². The zero-order valence-corrected chi connectivity index (χ0v) is 18.3. The van der Waals surface area contributed by atoms with Gasteiger partial charge in [0.25, 0.3) is 0 Å². The molecule has 0 bridgehead atoms. The molecule has 0 aromatic carbocycles. The number of aliphatic hydroxyl groups is 1. The number of carboxylic acid groups (broad SMARTS) is 1. The van der Waals surface area contributed by atoms with Gasteiger partial charge in [0, 0.05) is 24.9 Å². The molecule has 4 N–H and O–H groups in total. The van der Waals surface area contributed by atoms with Crippen LogP contribution < -0.4 is 10.6 Å². The van der Waals surface area contributed by atoms with Crippen molar-refractivity contribution in [2.24, 2.45) is 0 Å². The summed E-state index contributed by atoms with van der Waals surface area (Å²) in [5, 5.41) is 25.6. The van der Waals surface area contributed by atoms with Gasteiger partial charge in [-0.1, -0.05) is 89.7 Å². The Morgan fingerprint density at radius 2 is 1.52 bits per heavy atom. The highest BCUT2D eigenvalue weighted by molar-refractivity contribution is 5.89. The molecule has 0 radical (unpaired) electrons. The lowest BCUT2D eigenvalue weighted by atomic mass is 9.97. The highest BCUT2D eigenvalue weighted by Gasteiger charge is 2.22. The van der Waals surface area contributed by atoms with Crippen LogP contribution in [0.5, 0.6) is 0 Å². The lowest BCUT2D eigenvalue weighted by Gasteiger charge is -2.16. The lowest BCUT2D eigenvalue weighted by molar-refractivity contribution is -0.133. The maximum atomic E-state index is 11.0. The Hall–Kier alpha value is -1.59. The van der Waals surface area contributed by atoms with Crippen molar-refractivity contribution < 1.29 is 15.0 Å². The minimum Gasteiger partial charge on any atom is -0.478 e. The highest BCUT2D eigenvalue weighted by Crippen LogP contribution is 2.18. The van der Waals surface area contributed by atoms with Crippen molar-refractivity contribution in [2.75, 3.05) is 19.6 Å². The third kappa shape index (κ3) is 12.6. The molecule has 1 rings (SSSR count). The Bertz CT molecular complexity index is 526. The maximum Gasteiger partial charge on any atom is 0.334 e. The second kappa shape index (κ2) is 17.3. The Morgan fingerprint density at radius 3 is 2.10 bits per heavy atom. The van der Waals surface area contributed by atoms with Gasteiger partial charge in [0.05, 0.1) is 5.57 Å². The fourth-order valence-corrected chi connectivity index (χ4v) is 3.51. The van der Waals surface area contributed by atoms with E-state index in [-0.39, 0.29) is 5.57 Å². The molecule has 0 aliphatic heterocycles. The van der Waals surface area contributed by atoms with Crippen molar-refractivity contribution >= 4 is 5.97 Å². The van der Waals surface area contributed by atoms with Crippen LogP contribution in [0, 0.1) is 0 Å². The van der Waals surface area contributed by atoms with E-state index in [0.717, 1.165) is 19.6 Å². The van der Waals surface area contributed by atoms with Crippen molar-refractivity contribution in [1.29, 1.82) is 0 Å². The molecule has 0 heterocycles. The smallest absolute Gasteiger partial charge is 0.334 e. The van der Waals surface area contributed by atoms with E-state index >= 15 is 0 Å². The number of carbonyl (C=O) groups is 1. The van der Waals surface area contributed by atoms with Gasteiger partial charge in [-0.05, 0) is 19.0 Å². The van der Waals surface area contributed by atoms with Gasteiger partial charge in [-0.25, -0.2) is 4.79 Å². The van der Waals surface area contributed by atoms with Crippen molar-refractivity contribution in [3.8, 4) is 0 Å². The molecule has 1 unspecified atom stereocenters. The summed E-state index contributed by atoms with van der Waals surface area (Å²) in [4.78, 5) is 11.0. The summed E-state index contributed by atoms with van der Waals surface area (Å²) >= 11 is 0. The van der Waals surface area contributed by atoms with Crippen LogP contribution in [0.15, 0.2) is 35.6 Å². The molecule has 1 aliphatic rings. The first-order chi connectivity index (χ1) is 14.2. The Balaban J connectivity index is 1.88. The van der Waals surface area contributed by atoms with E-state index in [0.29, 0.717) is 5.57 Å².